The molecule has 2 rings (SSSR count). The van der Waals surface area contributed by atoms with E-state index in [1.54, 1.807) is 0 Å². The molecule has 2 aliphatic rings. The third-order valence-electron chi connectivity index (χ3n) is 2.93. The van der Waals surface area contributed by atoms with Crippen molar-refractivity contribution in [2.75, 3.05) is 26.2 Å². The summed E-state index contributed by atoms with van der Waals surface area (Å²) in [5, 5.41) is 3.47. The summed E-state index contributed by atoms with van der Waals surface area (Å²) in [6.45, 7) is 7.38. The molecule has 0 spiro atoms. The Balaban J connectivity index is 1.86. The maximum atomic E-state index is 3.47. The van der Waals surface area contributed by atoms with Crippen LogP contribution in [0.2, 0.25) is 0 Å². The van der Waals surface area contributed by atoms with Gasteiger partial charge in [-0.15, -0.1) is 0 Å². The SMILES string of the molecule is CCN1CCC2CNC2C1. The number of nitrogens with zero attached hydrogens (tertiary/aromatic N) is 1. The molecular formula is C8H16N2. The van der Waals surface area contributed by atoms with Gasteiger partial charge in [-0.25, -0.2) is 0 Å². The van der Waals surface area contributed by atoms with Crippen molar-refractivity contribution >= 4 is 0 Å². The fraction of sp³-hybridized carbons (Fsp3) is 1.00. The molecule has 2 saturated heterocycles. The van der Waals surface area contributed by atoms with E-state index < -0.39 is 0 Å². The number of likely N-dealkylation sites (tertiary alicyclic amines) is 1. The first-order valence-electron chi connectivity index (χ1n) is 4.36. The second kappa shape index (κ2) is 2.51. The Morgan fingerprint density at radius 1 is 1.60 bits per heavy atom. The van der Waals surface area contributed by atoms with E-state index in [4.69, 9.17) is 0 Å². The van der Waals surface area contributed by atoms with Crippen LogP contribution in [0.4, 0.5) is 0 Å². The minimum absolute atomic E-state index is 0.841. The van der Waals surface area contributed by atoms with Crippen LogP contribution < -0.4 is 5.32 Å². The molecular weight excluding hydrogens is 124 g/mol. The summed E-state index contributed by atoms with van der Waals surface area (Å²) in [5.74, 6) is 1.02. The number of hydrogen-bond acceptors (Lipinski definition) is 2. The van der Waals surface area contributed by atoms with Crippen molar-refractivity contribution in [3.05, 3.63) is 0 Å². The van der Waals surface area contributed by atoms with Gasteiger partial charge in [-0.1, -0.05) is 6.92 Å². The highest BCUT2D eigenvalue weighted by Crippen LogP contribution is 2.23. The second-order valence-electron chi connectivity index (χ2n) is 3.46. The Morgan fingerprint density at radius 2 is 2.50 bits per heavy atom. The van der Waals surface area contributed by atoms with E-state index in [1.807, 2.05) is 0 Å². The van der Waals surface area contributed by atoms with E-state index in [1.165, 1.54) is 32.6 Å². The highest BCUT2D eigenvalue weighted by Gasteiger charge is 2.34. The summed E-state index contributed by atoms with van der Waals surface area (Å²) in [6.07, 6.45) is 1.42. The minimum Gasteiger partial charge on any atom is -0.312 e. The van der Waals surface area contributed by atoms with E-state index in [2.05, 4.69) is 17.1 Å². The van der Waals surface area contributed by atoms with Gasteiger partial charge in [-0.3, -0.25) is 0 Å². The smallest absolute Gasteiger partial charge is 0.0235 e. The predicted molar refractivity (Wildman–Crippen MR) is 42.0 cm³/mol. The first-order chi connectivity index (χ1) is 4.90. The normalized spacial score (nSPS) is 40.5. The number of likely N-dealkylation sites (N-methyl/N-ethyl adjacent to an activating group) is 1. The van der Waals surface area contributed by atoms with Crippen molar-refractivity contribution in [2.24, 2.45) is 5.92 Å². The molecule has 2 unspecified atom stereocenters. The largest absolute Gasteiger partial charge is 0.312 e. The van der Waals surface area contributed by atoms with Gasteiger partial charge in [0.2, 0.25) is 0 Å². The van der Waals surface area contributed by atoms with Gasteiger partial charge in [-0.2, -0.15) is 0 Å². The Bertz CT molecular complexity index is 122. The Hall–Kier alpha value is -0.0800. The zero-order chi connectivity index (χ0) is 6.97. The number of fused-ring (bicyclic) bond motifs is 1. The lowest BCUT2D eigenvalue weighted by Gasteiger charge is -2.46. The van der Waals surface area contributed by atoms with Gasteiger partial charge < -0.3 is 10.2 Å². The fourth-order valence-electron chi connectivity index (χ4n) is 1.97. The summed E-state index contributed by atoms with van der Waals surface area (Å²) in [4.78, 5) is 2.54. The summed E-state index contributed by atoms with van der Waals surface area (Å²) in [7, 11) is 0. The molecule has 0 saturated carbocycles. The molecule has 0 aromatic rings. The van der Waals surface area contributed by atoms with Crippen molar-refractivity contribution in [1.82, 2.24) is 10.2 Å². The lowest BCUT2D eigenvalue weighted by molar-refractivity contribution is 0.0891. The third kappa shape index (κ3) is 0.956. The molecule has 2 aliphatic heterocycles. The van der Waals surface area contributed by atoms with Gasteiger partial charge in [0.15, 0.2) is 0 Å². The standard InChI is InChI=1S/C8H16N2/c1-2-10-4-3-7-5-9-8(7)6-10/h7-9H,2-6H2,1H3. The zero-order valence-electron chi connectivity index (χ0n) is 6.64. The molecule has 0 radical (unpaired) electrons. The number of rotatable bonds is 1. The Labute approximate surface area is 62.6 Å². The van der Waals surface area contributed by atoms with Gasteiger partial charge >= 0.3 is 0 Å². The molecule has 0 aromatic heterocycles. The number of piperidine rings is 1. The highest BCUT2D eigenvalue weighted by atomic mass is 15.2. The minimum atomic E-state index is 0.841. The summed E-state index contributed by atoms with van der Waals surface area (Å²) in [5.41, 5.74) is 0. The summed E-state index contributed by atoms with van der Waals surface area (Å²) >= 11 is 0. The van der Waals surface area contributed by atoms with Gasteiger partial charge in [0.1, 0.15) is 0 Å². The van der Waals surface area contributed by atoms with Crippen molar-refractivity contribution in [3.8, 4) is 0 Å². The van der Waals surface area contributed by atoms with Crippen LogP contribution in [0.1, 0.15) is 13.3 Å². The van der Waals surface area contributed by atoms with Gasteiger partial charge in [-0.05, 0) is 32.0 Å². The first kappa shape index (κ1) is 6.62. The molecule has 0 bridgehead atoms. The van der Waals surface area contributed by atoms with E-state index in [9.17, 15) is 0 Å². The van der Waals surface area contributed by atoms with Crippen LogP contribution in [-0.2, 0) is 0 Å². The van der Waals surface area contributed by atoms with Crippen molar-refractivity contribution < 1.29 is 0 Å². The summed E-state index contributed by atoms with van der Waals surface area (Å²) < 4.78 is 0. The van der Waals surface area contributed by atoms with E-state index >= 15 is 0 Å². The molecule has 2 heterocycles. The molecule has 10 heavy (non-hydrogen) atoms. The fourth-order valence-corrected chi connectivity index (χ4v) is 1.97. The van der Waals surface area contributed by atoms with Crippen LogP contribution in [0.3, 0.4) is 0 Å². The van der Waals surface area contributed by atoms with Crippen LogP contribution >= 0.6 is 0 Å². The molecule has 0 amide bonds. The van der Waals surface area contributed by atoms with Crippen molar-refractivity contribution in [2.45, 2.75) is 19.4 Å². The van der Waals surface area contributed by atoms with Crippen LogP contribution in [0.15, 0.2) is 0 Å². The molecule has 2 nitrogen and oxygen atoms in total. The first-order valence-corrected chi connectivity index (χ1v) is 4.36. The van der Waals surface area contributed by atoms with E-state index in [-0.39, 0.29) is 0 Å². The topological polar surface area (TPSA) is 15.3 Å². The van der Waals surface area contributed by atoms with Crippen molar-refractivity contribution in [1.29, 1.82) is 0 Å². The van der Waals surface area contributed by atoms with Gasteiger partial charge in [0.05, 0.1) is 0 Å². The molecule has 0 aliphatic carbocycles. The maximum Gasteiger partial charge on any atom is 0.0235 e. The highest BCUT2D eigenvalue weighted by molar-refractivity contribution is 4.93. The predicted octanol–water partition coefficient (Wildman–Crippen LogP) is 0.300. The monoisotopic (exact) mass is 140 g/mol. The Kier molecular flexibility index (Phi) is 1.66. The lowest BCUT2D eigenvalue weighted by atomic mass is 9.85. The average molecular weight is 140 g/mol. The summed E-state index contributed by atoms with van der Waals surface area (Å²) in [6, 6.07) is 0.841. The average Bonchev–Trinajstić information content (AvgIpc) is 1.92. The van der Waals surface area contributed by atoms with Crippen LogP contribution in [0.5, 0.6) is 0 Å². The quantitative estimate of drug-likeness (QED) is 0.563. The lowest BCUT2D eigenvalue weighted by Crippen LogP contribution is -2.61. The molecule has 2 fully saturated rings. The van der Waals surface area contributed by atoms with E-state index in [0.29, 0.717) is 0 Å². The van der Waals surface area contributed by atoms with Crippen LogP contribution in [0.25, 0.3) is 0 Å². The molecule has 1 N–H and O–H groups in total. The van der Waals surface area contributed by atoms with Crippen LogP contribution in [-0.4, -0.2) is 37.1 Å². The van der Waals surface area contributed by atoms with Crippen LogP contribution in [0, 0.1) is 5.92 Å². The zero-order valence-corrected chi connectivity index (χ0v) is 6.64. The molecule has 2 heteroatoms. The maximum absolute atomic E-state index is 3.47. The van der Waals surface area contributed by atoms with Gasteiger partial charge in [0.25, 0.3) is 0 Å². The molecule has 58 valence electrons. The second-order valence-corrected chi connectivity index (χ2v) is 3.46. The molecule has 2 atom stereocenters. The Morgan fingerprint density at radius 3 is 3.00 bits per heavy atom. The molecule has 0 aromatic carbocycles. The van der Waals surface area contributed by atoms with Crippen molar-refractivity contribution in [3.63, 3.8) is 0 Å². The third-order valence-corrected chi connectivity index (χ3v) is 2.93. The van der Waals surface area contributed by atoms with E-state index in [0.717, 1.165) is 12.0 Å². The van der Waals surface area contributed by atoms with Gasteiger partial charge in [0, 0.05) is 12.6 Å². The number of nitrogens with one attached hydrogen (secondary N) is 1. The number of hydrogen-bond donors (Lipinski definition) is 1.